The lowest BCUT2D eigenvalue weighted by Gasteiger charge is -2.24. The number of anilines is 1. The minimum atomic E-state index is -0.515. The number of hydrogen-bond donors (Lipinski definition) is 1. The van der Waals surface area contributed by atoms with Crippen LogP contribution in [-0.4, -0.2) is 26.5 Å². The van der Waals surface area contributed by atoms with Crippen LogP contribution in [0, 0.1) is 12.7 Å². The van der Waals surface area contributed by atoms with Gasteiger partial charge in [0.1, 0.15) is 10.8 Å². The Labute approximate surface area is 214 Å². The highest BCUT2D eigenvalue weighted by Gasteiger charge is 2.39. The van der Waals surface area contributed by atoms with E-state index in [0.717, 1.165) is 41.1 Å². The summed E-state index contributed by atoms with van der Waals surface area (Å²) in [5.74, 6) is -0.631. The van der Waals surface area contributed by atoms with Gasteiger partial charge < -0.3 is 5.32 Å². The van der Waals surface area contributed by atoms with Crippen LogP contribution in [0.25, 0.3) is 5.69 Å². The summed E-state index contributed by atoms with van der Waals surface area (Å²) in [5, 5.41) is 4.29. The molecule has 0 unspecified atom stereocenters. The molecule has 34 heavy (non-hydrogen) atoms. The molecule has 0 bridgehead atoms. The number of nitrogens with one attached hydrogen (secondary N) is 1. The van der Waals surface area contributed by atoms with E-state index in [-0.39, 0.29) is 28.8 Å². The maximum Gasteiger partial charge on any atom is 0.263 e. The van der Waals surface area contributed by atoms with E-state index in [1.165, 1.54) is 30.3 Å². The second-order valence-electron chi connectivity index (χ2n) is 8.60. The van der Waals surface area contributed by atoms with Gasteiger partial charge in [0, 0.05) is 15.6 Å². The molecule has 5 nitrogen and oxygen atoms in total. The molecular weight excluding hydrogens is 537 g/mol. The summed E-state index contributed by atoms with van der Waals surface area (Å²) in [6, 6.07) is 12.2. The van der Waals surface area contributed by atoms with Crippen LogP contribution in [-0.2, 0) is 4.79 Å². The summed E-state index contributed by atoms with van der Waals surface area (Å²) in [4.78, 5) is 31.3. The first kappa shape index (κ1) is 23.6. The lowest BCUT2D eigenvalue weighted by Crippen LogP contribution is -2.29. The van der Waals surface area contributed by atoms with E-state index in [9.17, 15) is 14.0 Å². The second kappa shape index (κ2) is 9.87. The molecule has 1 N–H and O–H groups in total. The van der Waals surface area contributed by atoms with Crippen LogP contribution in [0.3, 0.4) is 0 Å². The molecule has 0 radical (unpaired) electrons. The molecular formula is C25H23BrFN3O2S2. The van der Waals surface area contributed by atoms with Gasteiger partial charge >= 0.3 is 0 Å². The van der Waals surface area contributed by atoms with Gasteiger partial charge in [0.2, 0.25) is 5.91 Å². The molecule has 1 aliphatic heterocycles. The van der Waals surface area contributed by atoms with E-state index < -0.39 is 5.82 Å². The minimum Gasteiger partial charge on any atom is -0.323 e. The molecule has 2 heterocycles. The van der Waals surface area contributed by atoms with Gasteiger partial charge in [-0.1, -0.05) is 52.7 Å². The fourth-order valence-electron chi connectivity index (χ4n) is 4.61. The number of benzene rings is 2. The third-order valence-electron chi connectivity index (χ3n) is 6.19. The minimum absolute atomic E-state index is 0.00404. The third kappa shape index (κ3) is 4.70. The monoisotopic (exact) mass is 559 g/mol. The maximum absolute atomic E-state index is 14.1. The van der Waals surface area contributed by atoms with Crippen molar-refractivity contribution in [3.63, 3.8) is 0 Å². The fraction of sp³-hybridized carbons (Fsp3) is 0.320. The van der Waals surface area contributed by atoms with Crippen molar-refractivity contribution in [2.75, 3.05) is 11.1 Å². The summed E-state index contributed by atoms with van der Waals surface area (Å²) >= 11 is 6.11. The molecule has 1 saturated carbocycles. The van der Waals surface area contributed by atoms with Crippen molar-refractivity contribution >= 4 is 51.0 Å². The van der Waals surface area contributed by atoms with Crippen molar-refractivity contribution in [1.82, 2.24) is 9.55 Å². The van der Waals surface area contributed by atoms with Crippen LogP contribution in [0.5, 0.6) is 0 Å². The number of hydrogen-bond acceptors (Lipinski definition) is 5. The van der Waals surface area contributed by atoms with Crippen molar-refractivity contribution in [2.24, 2.45) is 0 Å². The van der Waals surface area contributed by atoms with Gasteiger partial charge in [0.15, 0.2) is 5.16 Å². The number of halogens is 2. The molecule has 3 aromatic rings. The zero-order valence-electron chi connectivity index (χ0n) is 18.5. The van der Waals surface area contributed by atoms with Crippen LogP contribution >= 0.6 is 39.5 Å². The Hall–Kier alpha value is -2.10. The van der Waals surface area contributed by atoms with E-state index in [4.69, 9.17) is 4.98 Å². The summed E-state index contributed by atoms with van der Waals surface area (Å²) in [7, 11) is 0. The number of thioether (sulfide) groups is 2. The van der Waals surface area contributed by atoms with Gasteiger partial charge in [-0.05, 0) is 55.7 Å². The van der Waals surface area contributed by atoms with E-state index in [2.05, 4.69) is 21.2 Å². The summed E-state index contributed by atoms with van der Waals surface area (Å²) in [6.07, 6.45) is 4.43. The highest BCUT2D eigenvalue weighted by atomic mass is 79.9. The maximum atomic E-state index is 14.1. The number of aryl methyl sites for hydroxylation is 1. The lowest BCUT2D eigenvalue weighted by atomic mass is 9.85. The molecule has 5 rings (SSSR count). The molecule has 1 amide bonds. The Morgan fingerprint density at radius 3 is 2.88 bits per heavy atom. The Bertz CT molecular complexity index is 1330. The normalized spacial score (nSPS) is 18.9. The number of carbonyl (C=O) groups is 1. The van der Waals surface area contributed by atoms with Crippen LogP contribution in [0.2, 0.25) is 0 Å². The fourth-order valence-corrected chi connectivity index (χ4v) is 7.32. The number of rotatable bonds is 5. The van der Waals surface area contributed by atoms with Gasteiger partial charge in [0.05, 0.1) is 22.7 Å². The van der Waals surface area contributed by atoms with Crippen molar-refractivity contribution in [3.05, 3.63) is 74.2 Å². The molecule has 9 heteroatoms. The Morgan fingerprint density at radius 2 is 2.09 bits per heavy atom. The van der Waals surface area contributed by atoms with Crippen LogP contribution < -0.4 is 10.9 Å². The second-order valence-corrected chi connectivity index (χ2v) is 11.7. The number of aromatic nitrogens is 2. The Morgan fingerprint density at radius 1 is 1.26 bits per heavy atom. The first-order chi connectivity index (χ1) is 16.4. The average Bonchev–Trinajstić information content (AvgIpc) is 3.18. The van der Waals surface area contributed by atoms with Gasteiger partial charge in [0.25, 0.3) is 5.56 Å². The standard InChI is InChI=1S/C25H23BrFN3O2S2/c1-14-5-4-6-16(11-14)30-24(32)22-17-7-2-3-8-20(17)34-23(22)29-25(30)33-13-21(31)28-19-10-9-15(26)12-18(19)27/h4-6,9-12,17,20H,2-3,7-8,13H2,1H3,(H,28,31)/t17-,20-/m1/s1. The van der Waals surface area contributed by atoms with Gasteiger partial charge in [-0.2, -0.15) is 0 Å². The molecule has 2 aromatic carbocycles. The van der Waals surface area contributed by atoms with E-state index in [1.807, 2.05) is 31.2 Å². The molecule has 2 aliphatic rings. The van der Waals surface area contributed by atoms with Gasteiger partial charge in [-0.3, -0.25) is 14.2 Å². The lowest BCUT2D eigenvalue weighted by molar-refractivity contribution is -0.113. The molecule has 0 spiro atoms. The van der Waals surface area contributed by atoms with Gasteiger partial charge in [-0.25, -0.2) is 9.37 Å². The quantitative estimate of drug-likeness (QED) is 0.225. The predicted molar refractivity (Wildman–Crippen MR) is 139 cm³/mol. The van der Waals surface area contributed by atoms with E-state index in [1.54, 1.807) is 22.4 Å². The van der Waals surface area contributed by atoms with E-state index >= 15 is 0 Å². The zero-order chi connectivity index (χ0) is 23.8. The predicted octanol–water partition coefficient (Wildman–Crippen LogP) is 6.31. The smallest absolute Gasteiger partial charge is 0.263 e. The molecule has 1 aromatic heterocycles. The van der Waals surface area contributed by atoms with Crippen molar-refractivity contribution in [1.29, 1.82) is 0 Å². The number of carbonyl (C=O) groups excluding carboxylic acids is 1. The van der Waals surface area contributed by atoms with Crippen molar-refractivity contribution in [3.8, 4) is 5.69 Å². The largest absolute Gasteiger partial charge is 0.323 e. The average molecular weight is 561 g/mol. The molecule has 1 fully saturated rings. The first-order valence-corrected chi connectivity index (χ1v) is 13.8. The highest BCUT2D eigenvalue weighted by molar-refractivity contribution is 9.10. The number of fused-ring (bicyclic) bond motifs is 3. The number of nitrogens with zero attached hydrogens (tertiary/aromatic N) is 2. The van der Waals surface area contributed by atoms with Crippen LogP contribution in [0.4, 0.5) is 10.1 Å². The van der Waals surface area contributed by atoms with Crippen LogP contribution in [0.1, 0.15) is 42.7 Å². The molecule has 2 atom stereocenters. The summed E-state index contributed by atoms with van der Waals surface area (Å²) in [5.41, 5.74) is 2.67. The molecule has 1 aliphatic carbocycles. The first-order valence-electron chi connectivity index (χ1n) is 11.2. The zero-order valence-corrected chi connectivity index (χ0v) is 21.7. The Balaban J connectivity index is 1.47. The SMILES string of the molecule is Cc1cccc(-n2c(SCC(=O)Nc3ccc(Br)cc3F)nc3c(c2=O)[C@@H]2CCCC[C@H]2S3)c1. The van der Waals surface area contributed by atoms with Crippen molar-refractivity contribution < 1.29 is 9.18 Å². The molecule has 176 valence electrons. The van der Waals surface area contributed by atoms with E-state index in [0.29, 0.717) is 14.9 Å². The summed E-state index contributed by atoms with van der Waals surface area (Å²) < 4.78 is 16.4. The third-order valence-corrected chi connectivity index (χ3v) is 9.02. The Kier molecular flexibility index (Phi) is 6.86. The van der Waals surface area contributed by atoms with Gasteiger partial charge in [-0.15, -0.1) is 11.8 Å². The number of amides is 1. The summed E-state index contributed by atoms with van der Waals surface area (Å²) in [6.45, 7) is 1.98. The van der Waals surface area contributed by atoms with Crippen molar-refractivity contribution in [2.45, 2.75) is 54.0 Å². The van der Waals surface area contributed by atoms with Crippen LogP contribution in [0.15, 0.2) is 61.9 Å². The topological polar surface area (TPSA) is 64.0 Å². The molecule has 0 saturated heterocycles. The highest BCUT2D eigenvalue weighted by Crippen LogP contribution is 2.50.